The lowest BCUT2D eigenvalue weighted by atomic mass is 10.2. The van der Waals surface area contributed by atoms with Crippen molar-refractivity contribution in [3.8, 4) is 16.3 Å². The molecule has 0 bridgehead atoms. The van der Waals surface area contributed by atoms with Gasteiger partial charge in [-0.05, 0) is 90.5 Å². The maximum atomic E-state index is 12.7. The first-order chi connectivity index (χ1) is 15.8. The van der Waals surface area contributed by atoms with Crippen LogP contribution in [0.15, 0.2) is 69.6 Å². The van der Waals surface area contributed by atoms with Crippen LogP contribution in [0.4, 0.5) is 5.69 Å². The van der Waals surface area contributed by atoms with Gasteiger partial charge in [-0.2, -0.15) is 0 Å². The molecule has 4 rings (SSSR count). The second-order valence-corrected chi connectivity index (χ2v) is 10.6. The molecule has 0 saturated carbocycles. The summed E-state index contributed by atoms with van der Waals surface area (Å²) in [5, 5.41) is 6.93. The number of aromatic nitrogens is 1. The second kappa shape index (κ2) is 10.3. The SMILES string of the molecule is CC(C)Oc1ccc(C(=O)NC(=S)Nc2c(Br)cc(Br)cc2-c2nc3ccccc3s2)cc1. The average molecular weight is 605 g/mol. The predicted molar refractivity (Wildman–Crippen MR) is 146 cm³/mol. The standard InChI is InChI=1S/C24H19Br2N3O2S2/c1-13(2)31-16-9-7-14(8-10-16)22(30)29-24(32)28-21-17(11-15(25)12-18(21)26)23-27-19-5-3-4-6-20(19)33-23/h3-13H,1-2H3,(H2,28,29,30,32). The van der Waals surface area contributed by atoms with E-state index in [0.717, 1.165) is 35.4 Å². The molecule has 5 nitrogen and oxygen atoms in total. The first-order valence-electron chi connectivity index (χ1n) is 10.0. The van der Waals surface area contributed by atoms with Crippen molar-refractivity contribution in [1.29, 1.82) is 0 Å². The number of halogens is 2. The number of thiocarbonyl (C=S) groups is 1. The van der Waals surface area contributed by atoms with Crippen molar-refractivity contribution >= 4 is 82.3 Å². The fraction of sp³-hybridized carbons (Fsp3) is 0.125. The lowest BCUT2D eigenvalue weighted by Crippen LogP contribution is -2.34. The minimum Gasteiger partial charge on any atom is -0.491 e. The van der Waals surface area contributed by atoms with E-state index in [-0.39, 0.29) is 17.1 Å². The number of ether oxygens (including phenoxy) is 1. The molecule has 33 heavy (non-hydrogen) atoms. The molecule has 0 saturated heterocycles. The van der Waals surface area contributed by atoms with E-state index < -0.39 is 0 Å². The molecule has 0 aliphatic carbocycles. The van der Waals surface area contributed by atoms with E-state index >= 15 is 0 Å². The monoisotopic (exact) mass is 603 g/mol. The van der Waals surface area contributed by atoms with E-state index in [9.17, 15) is 4.79 Å². The van der Waals surface area contributed by atoms with Gasteiger partial charge < -0.3 is 10.1 Å². The van der Waals surface area contributed by atoms with Gasteiger partial charge in [-0.3, -0.25) is 10.1 Å². The Hall–Kier alpha value is -2.33. The summed E-state index contributed by atoms with van der Waals surface area (Å²) in [4.78, 5) is 17.4. The van der Waals surface area contributed by atoms with Crippen molar-refractivity contribution in [3.63, 3.8) is 0 Å². The number of para-hydroxylation sites is 1. The van der Waals surface area contributed by atoms with Crippen molar-refractivity contribution in [2.24, 2.45) is 0 Å². The number of amides is 1. The van der Waals surface area contributed by atoms with E-state index in [2.05, 4.69) is 42.5 Å². The van der Waals surface area contributed by atoms with Crippen LogP contribution in [-0.2, 0) is 0 Å². The van der Waals surface area contributed by atoms with Crippen molar-refractivity contribution < 1.29 is 9.53 Å². The first-order valence-corrected chi connectivity index (χ1v) is 12.9. The predicted octanol–water partition coefficient (Wildman–Crippen LogP) is 7.40. The molecule has 0 aliphatic rings. The number of hydrogen-bond donors (Lipinski definition) is 2. The van der Waals surface area contributed by atoms with Gasteiger partial charge in [0.2, 0.25) is 0 Å². The van der Waals surface area contributed by atoms with E-state index in [0.29, 0.717) is 11.3 Å². The zero-order valence-electron chi connectivity index (χ0n) is 17.7. The lowest BCUT2D eigenvalue weighted by Gasteiger charge is -2.15. The number of carbonyl (C=O) groups excluding carboxylic acids is 1. The largest absolute Gasteiger partial charge is 0.491 e. The average Bonchev–Trinajstić information content (AvgIpc) is 3.19. The molecule has 168 valence electrons. The topological polar surface area (TPSA) is 63.2 Å². The third-order valence-corrected chi connectivity index (χ3v) is 6.89. The highest BCUT2D eigenvalue weighted by Crippen LogP contribution is 2.40. The van der Waals surface area contributed by atoms with Crippen LogP contribution in [0.2, 0.25) is 0 Å². The summed E-state index contributed by atoms with van der Waals surface area (Å²) in [6.07, 6.45) is 0.0652. The van der Waals surface area contributed by atoms with Gasteiger partial charge in [-0.1, -0.05) is 28.1 Å². The highest BCUT2D eigenvalue weighted by Gasteiger charge is 2.17. The summed E-state index contributed by atoms with van der Waals surface area (Å²) in [5.74, 6) is 0.403. The van der Waals surface area contributed by atoms with Crippen LogP contribution in [0, 0.1) is 0 Å². The normalized spacial score (nSPS) is 10.9. The number of nitrogens with one attached hydrogen (secondary N) is 2. The van der Waals surface area contributed by atoms with Crippen molar-refractivity contribution in [2.75, 3.05) is 5.32 Å². The van der Waals surface area contributed by atoms with Gasteiger partial charge in [-0.25, -0.2) is 4.98 Å². The summed E-state index contributed by atoms with van der Waals surface area (Å²) in [5.41, 5.74) is 3.00. The van der Waals surface area contributed by atoms with Gasteiger partial charge in [0, 0.05) is 20.1 Å². The van der Waals surface area contributed by atoms with E-state index in [4.69, 9.17) is 21.9 Å². The summed E-state index contributed by atoms with van der Waals surface area (Å²) in [6.45, 7) is 3.90. The molecule has 0 atom stereocenters. The molecular weight excluding hydrogens is 586 g/mol. The van der Waals surface area contributed by atoms with Crippen LogP contribution in [0.25, 0.3) is 20.8 Å². The molecule has 9 heteroatoms. The maximum Gasteiger partial charge on any atom is 0.257 e. The summed E-state index contributed by atoms with van der Waals surface area (Å²) < 4.78 is 8.40. The second-order valence-electron chi connectivity index (χ2n) is 7.40. The van der Waals surface area contributed by atoms with Crippen molar-refractivity contribution in [1.82, 2.24) is 10.3 Å². The summed E-state index contributed by atoms with van der Waals surface area (Å²) in [6, 6.07) is 18.8. The molecule has 3 aromatic carbocycles. The maximum absolute atomic E-state index is 12.7. The number of benzene rings is 3. The molecule has 0 fully saturated rings. The molecule has 0 radical (unpaired) electrons. The van der Waals surface area contributed by atoms with Crippen LogP contribution in [0.1, 0.15) is 24.2 Å². The van der Waals surface area contributed by atoms with E-state index in [1.807, 2.05) is 50.2 Å². The van der Waals surface area contributed by atoms with Gasteiger partial charge in [0.05, 0.1) is 22.0 Å². The molecule has 0 aliphatic heterocycles. The highest BCUT2D eigenvalue weighted by atomic mass is 79.9. The molecule has 1 heterocycles. The number of fused-ring (bicyclic) bond motifs is 1. The molecule has 1 aromatic heterocycles. The fourth-order valence-corrected chi connectivity index (χ4v) is 5.64. The van der Waals surface area contributed by atoms with Gasteiger partial charge in [-0.15, -0.1) is 11.3 Å². The fourth-order valence-electron chi connectivity index (χ4n) is 3.13. The van der Waals surface area contributed by atoms with Crippen LogP contribution < -0.4 is 15.4 Å². The minimum atomic E-state index is -0.307. The minimum absolute atomic E-state index is 0.0652. The number of nitrogens with zero attached hydrogens (tertiary/aromatic N) is 1. The Morgan fingerprint density at radius 2 is 1.82 bits per heavy atom. The van der Waals surface area contributed by atoms with Crippen molar-refractivity contribution in [2.45, 2.75) is 20.0 Å². The Labute approximate surface area is 217 Å². The van der Waals surface area contributed by atoms with Crippen LogP contribution >= 0.6 is 55.4 Å². The van der Waals surface area contributed by atoms with Gasteiger partial charge in [0.15, 0.2) is 5.11 Å². The summed E-state index contributed by atoms with van der Waals surface area (Å²) in [7, 11) is 0. The van der Waals surface area contributed by atoms with Crippen LogP contribution in [0.3, 0.4) is 0 Å². The summed E-state index contributed by atoms with van der Waals surface area (Å²) >= 11 is 14.2. The highest BCUT2D eigenvalue weighted by molar-refractivity contribution is 9.11. The third-order valence-electron chi connectivity index (χ3n) is 4.53. The quantitative estimate of drug-likeness (QED) is 0.232. The molecule has 2 N–H and O–H groups in total. The number of hydrogen-bond acceptors (Lipinski definition) is 5. The zero-order chi connectivity index (χ0) is 23.5. The van der Waals surface area contributed by atoms with E-state index in [1.165, 1.54) is 0 Å². The molecule has 4 aromatic rings. The van der Waals surface area contributed by atoms with Crippen LogP contribution in [-0.4, -0.2) is 22.1 Å². The Bertz CT molecular complexity index is 1300. The number of carbonyl (C=O) groups is 1. The van der Waals surface area contributed by atoms with Crippen molar-refractivity contribution in [3.05, 3.63) is 75.2 Å². The molecule has 0 spiro atoms. The lowest BCUT2D eigenvalue weighted by molar-refractivity contribution is 0.0977. The Balaban J connectivity index is 1.55. The molecular formula is C24H19Br2N3O2S2. The zero-order valence-corrected chi connectivity index (χ0v) is 22.5. The smallest absolute Gasteiger partial charge is 0.257 e. The van der Waals surface area contributed by atoms with Gasteiger partial charge in [0.1, 0.15) is 10.8 Å². The number of rotatable bonds is 5. The number of thiazole rings is 1. The number of anilines is 1. The van der Waals surface area contributed by atoms with Gasteiger partial charge in [0.25, 0.3) is 5.91 Å². The van der Waals surface area contributed by atoms with E-state index in [1.54, 1.807) is 35.6 Å². The first kappa shape index (κ1) is 23.8. The molecule has 0 unspecified atom stereocenters. The van der Waals surface area contributed by atoms with Crippen LogP contribution in [0.5, 0.6) is 5.75 Å². The third kappa shape index (κ3) is 5.78. The Morgan fingerprint density at radius 1 is 1.09 bits per heavy atom. The molecule has 1 amide bonds. The van der Waals surface area contributed by atoms with Gasteiger partial charge >= 0.3 is 0 Å². The Kier molecular flexibility index (Phi) is 7.43. The Morgan fingerprint density at radius 3 is 2.52 bits per heavy atom.